The quantitative estimate of drug-likeness (QED) is 0.839. The normalized spacial score (nSPS) is 19.9. The number of nitrogens with zero attached hydrogens (tertiary/aromatic N) is 3. The third kappa shape index (κ3) is 4.16. The molecule has 0 spiro atoms. The van der Waals surface area contributed by atoms with Gasteiger partial charge in [-0.1, -0.05) is 0 Å². The largest absolute Gasteiger partial charge is 0.470 e. The van der Waals surface area contributed by atoms with Gasteiger partial charge in [0.05, 0.1) is 18.5 Å². The number of alkyl halides is 4. The average molecular weight is 309 g/mol. The van der Waals surface area contributed by atoms with Crippen molar-refractivity contribution in [2.24, 2.45) is 0 Å². The van der Waals surface area contributed by atoms with Crippen molar-refractivity contribution in [1.82, 2.24) is 9.97 Å². The number of aliphatic hydroxyl groups excluding tert-OH is 1. The van der Waals surface area contributed by atoms with Gasteiger partial charge in [-0.15, -0.1) is 0 Å². The molecule has 118 valence electrons. The average Bonchev–Trinajstić information content (AvgIpc) is 2.45. The molecule has 0 amide bonds. The van der Waals surface area contributed by atoms with Crippen molar-refractivity contribution in [2.75, 3.05) is 24.6 Å². The molecule has 21 heavy (non-hydrogen) atoms. The fourth-order valence-corrected chi connectivity index (χ4v) is 1.96. The minimum absolute atomic E-state index is 0.257. The highest BCUT2D eigenvalue weighted by atomic mass is 19.3. The fourth-order valence-electron chi connectivity index (χ4n) is 1.96. The summed E-state index contributed by atoms with van der Waals surface area (Å²) in [6.45, 7) is -0.473. The number of β-amino-alcohol motifs (C(OH)–C–C–N with tert-alkyl or cyclic N) is 1. The summed E-state index contributed by atoms with van der Waals surface area (Å²) in [5, 5.41) is 9.58. The van der Waals surface area contributed by atoms with Gasteiger partial charge in [-0.25, -0.2) is 8.78 Å². The lowest BCUT2D eigenvalue weighted by Gasteiger charge is -2.30. The SMILES string of the molecule is O[C@@H]1CCCN(c2cncc(OCC(F)(F)C(F)F)n2)C1. The molecular formula is C12H15F4N3O2. The summed E-state index contributed by atoms with van der Waals surface area (Å²) < 4.78 is 54.2. The summed E-state index contributed by atoms with van der Waals surface area (Å²) in [6.07, 6.45) is -0.376. The molecule has 1 aromatic heterocycles. The van der Waals surface area contributed by atoms with Crippen LogP contribution in [0.4, 0.5) is 23.4 Å². The second-order valence-corrected chi connectivity index (χ2v) is 4.81. The fraction of sp³-hybridized carbons (Fsp3) is 0.667. The van der Waals surface area contributed by atoms with Crippen molar-refractivity contribution in [3.8, 4) is 5.88 Å². The van der Waals surface area contributed by atoms with Crippen molar-refractivity contribution >= 4 is 5.82 Å². The topological polar surface area (TPSA) is 58.5 Å². The highest BCUT2D eigenvalue weighted by Crippen LogP contribution is 2.24. The molecule has 5 nitrogen and oxygen atoms in total. The zero-order valence-electron chi connectivity index (χ0n) is 11.1. The first kappa shape index (κ1) is 15.7. The summed E-state index contributed by atoms with van der Waals surface area (Å²) in [5.41, 5.74) is 0. The maximum absolute atomic E-state index is 12.8. The molecule has 0 bridgehead atoms. The van der Waals surface area contributed by atoms with Crippen molar-refractivity contribution in [1.29, 1.82) is 0 Å². The first-order chi connectivity index (χ1) is 9.88. The van der Waals surface area contributed by atoms with Crippen molar-refractivity contribution < 1.29 is 27.4 Å². The number of aliphatic hydroxyl groups is 1. The highest BCUT2D eigenvalue weighted by molar-refractivity contribution is 5.38. The van der Waals surface area contributed by atoms with Crippen molar-refractivity contribution in [2.45, 2.75) is 31.3 Å². The number of hydrogen-bond acceptors (Lipinski definition) is 5. The molecule has 0 saturated carbocycles. The van der Waals surface area contributed by atoms with Crippen LogP contribution >= 0.6 is 0 Å². The van der Waals surface area contributed by atoms with Crippen LogP contribution in [0.25, 0.3) is 0 Å². The Morgan fingerprint density at radius 1 is 1.43 bits per heavy atom. The second kappa shape index (κ2) is 6.42. The molecule has 1 aromatic rings. The van der Waals surface area contributed by atoms with Crippen LogP contribution in [0.15, 0.2) is 12.4 Å². The van der Waals surface area contributed by atoms with Gasteiger partial charge in [-0.05, 0) is 12.8 Å². The number of rotatable bonds is 5. The zero-order valence-corrected chi connectivity index (χ0v) is 11.1. The van der Waals surface area contributed by atoms with E-state index in [0.717, 1.165) is 12.6 Å². The van der Waals surface area contributed by atoms with Gasteiger partial charge in [0.25, 0.3) is 0 Å². The van der Waals surface area contributed by atoms with E-state index in [1.54, 1.807) is 4.90 Å². The predicted octanol–water partition coefficient (Wildman–Crippen LogP) is 1.72. The van der Waals surface area contributed by atoms with E-state index in [1.807, 2.05) is 0 Å². The van der Waals surface area contributed by atoms with Gasteiger partial charge in [0.2, 0.25) is 5.88 Å². The summed E-state index contributed by atoms with van der Waals surface area (Å²) in [4.78, 5) is 9.47. The molecule has 1 atom stereocenters. The number of hydrogen-bond donors (Lipinski definition) is 1. The van der Waals surface area contributed by atoms with E-state index in [0.29, 0.717) is 25.3 Å². The Balaban J connectivity index is 2.01. The monoisotopic (exact) mass is 309 g/mol. The zero-order chi connectivity index (χ0) is 15.5. The number of halogens is 4. The second-order valence-electron chi connectivity index (χ2n) is 4.81. The first-order valence-electron chi connectivity index (χ1n) is 6.42. The van der Waals surface area contributed by atoms with E-state index >= 15 is 0 Å². The molecule has 1 fully saturated rings. The molecule has 0 radical (unpaired) electrons. The van der Waals surface area contributed by atoms with Gasteiger partial charge in [0.15, 0.2) is 12.4 Å². The number of ether oxygens (including phenoxy) is 1. The van der Waals surface area contributed by atoms with Crippen molar-refractivity contribution in [3.63, 3.8) is 0 Å². The number of anilines is 1. The third-order valence-corrected chi connectivity index (χ3v) is 3.05. The molecular weight excluding hydrogens is 294 g/mol. The van der Waals surface area contributed by atoms with Crippen LogP contribution in [-0.2, 0) is 0 Å². The van der Waals surface area contributed by atoms with E-state index in [-0.39, 0.29) is 5.88 Å². The van der Waals surface area contributed by atoms with Crippen LogP contribution < -0.4 is 9.64 Å². The van der Waals surface area contributed by atoms with Crippen LogP contribution in [0.1, 0.15) is 12.8 Å². The summed E-state index contributed by atoms with van der Waals surface area (Å²) in [6, 6.07) is 0. The Kier molecular flexibility index (Phi) is 4.81. The van der Waals surface area contributed by atoms with Crippen LogP contribution in [0.5, 0.6) is 5.88 Å². The minimum atomic E-state index is -4.24. The van der Waals surface area contributed by atoms with Gasteiger partial charge < -0.3 is 14.7 Å². The van der Waals surface area contributed by atoms with Gasteiger partial charge >= 0.3 is 12.3 Å². The highest BCUT2D eigenvalue weighted by Gasteiger charge is 2.41. The lowest BCUT2D eigenvalue weighted by Crippen LogP contribution is -2.38. The van der Waals surface area contributed by atoms with E-state index in [9.17, 15) is 22.7 Å². The predicted molar refractivity (Wildman–Crippen MR) is 65.9 cm³/mol. The lowest BCUT2D eigenvalue weighted by molar-refractivity contribution is -0.148. The smallest absolute Gasteiger partial charge is 0.340 e. The Bertz CT molecular complexity index is 476. The molecule has 1 saturated heterocycles. The standard InChI is InChI=1S/C12H15F4N3O2/c13-11(14)12(15,16)7-21-10-5-17-4-9(18-10)19-3-1-2-8(20)6-19/h4-5,8,11,20H,1-3,6-7H2/t8-/m1/s1. The Labute approximate surface area is 118 Å². The first-order valence-corrected chi connectivity index (χ1v) is 6.42. The maximum atomic E-state index is 12.8. The molecule has 2 rings (SSSR count). The number of piperidine rings is 1. The lowest BCUT2D eigenvalue weighted by atomic mass is 10.1. The van der Waals surface area contributed by atoms with Gasteiger partial charge in [0, 0.05) is 13.1 Å². The van der Waals surface area contributed by atoms with Crippen LogP contribution in [0.3, 0.4) is 0 Å². The summed E-state index contributed by atoms with van der Waals surface area (Å²) in [7, 11) is 0. The molecule has 0 unspecified atom stereocenters. The van der Waals surface area contributed by atoms with Crippen LogP contribution in [-0.4, -0.2) is 53.2 Å². The third-order valence-electron chi connectivity index (χ3n) is 3.05. The molecule has 1 aliphatic rings. The van der Waals surface area contributed by atoms with Gasteiger partial charge in [0.1, 0.15) is 0 Å². The molecule has 9 heteroatoms. The van der Waals surface area contributed by atoms with Gasteiger partial charge in [-0.3, -0.25) is 4.98 Å². The van der Waals surface area contributed by atoms with E-state index < -0.39 is 25.1 Å². The number of aromatic nitrogens is 2. The molecule has 0 aliphatic carbocycles. The maximum Gasteiger partial charge on any atom is 0.340 e. The van der Waals surface area contributed by atoms with E-state index in [2.05, 4.69) is 14.7 Å². The van der Waals surface area contributed by atoms with Gasteiger partial charge in [-0.2, -0.15) is 13.8 Å². The Hall–Kier alpha value is -1.64. The summed E-state index contributed by atoms with van der Waals surface area (Å²) in [5.74, 6) is -4.14. The van der Waals surface area contributed by atoms with E-state index in [1.165, 1.54) is 6.20 Å². The molecule has 1 N–H and O–H groups in total. The minimum Gasteiger partial charge on any atom is -0.470 e. The molecule has 2 heterocycles. The van der Waals surface area contributed by atoms with Crippen LogP contribution in [0.2, 0.25) is 0 Å². The Morgan fingerprint density at radius 2 is 2.19 bits per heavy atom. The summed E-state index contributed by atoms with van der Waals surface area (Å²) >= 11 is 0. The molecule has 1 aliphatic heterocycles. The molecule has 0 aromatic carbocycles. The van der Waals surface area contributed by atoms with Crippen molar-refractivity contribution in [3.05, 3.63) is 12.4 Å². The van der Waals surface area contributed by atoms with E-state index in [4.69, 9.17) is 0 Å². The Morgan fingerprint density at radius 3 is 2.86 bits per heavy atom. The van der Waals surface area contributed by atoms with Crippen LogP contribution in [0, 0.1) is 0 Å².